The monoisotopic (exact) mass is 869 g/mol. The average Bonchev–Trinajstić information content (AvgIpc) is 3.71. The molecule has 8 aliphatic carbocycles. The Hall–Kier alpha value is -1.42. The van der Waals surface area contributed by atoms with E-state index in [0.29, 0.717) is 40.0 Å². The Balaban J connectivity index is 0.000000180. The van der Waals surface area contributed by atoms with Crippen molar-refractivity contribution in [3.8, 4) is 11.5 Å². The molecule has 0 radical (unpaired) electrons. The zero-order chi connectivity index (χ0) is 45.1. The molecule has 7 unspecified atom stereocenters. The Morgan fingerprint density at radius 3 is 1.67 bits per heavy atom. The van der Waals surface area contributed by atoms with Crippen molar-refractivity contribution >= 4 is 22.2 Å². The molecule has 3 nitrogen and oxygen atoms in total. The number of Topliss-reactive ketones (excluding diaryl/α,β-unsaturated/α-hetero) is 1. The van der Waals surface area contributed by atoms with E-state index in [9.17, 15) is 9.90 Å². The fourth-order valence-corrected chi connectivity index (χ4v) is 18.0. The fourth-order valence-electron chi connectivity index (χ4n) is 15.8. The van der Waals surface area contributed by atoms with Gasteiger partial charge < -0.3 is 9.53 Å². The zero-order valence-corrected chi connectivity index (χ0v) is 44.2. The van der Waals surface area contributed by atoms with E-state index in [4.69, 9.17) is 4.43 Å². The summed E-state index contributed by atoms with van der Waals surface area (Å²) in [5.41, 5.74) is 12.6. The third kappa shape index (κ3) is 9.23. The van der Waals surface area contributed by atoms with E-state index in [0.717, 1.165) is 61.2 Å². The average molecular weight is 870 g/mol. The van der Waals surface area contributed by atoms with Crippen molar-refractivity contribution in [3.05, 3.63) is 41.2 Å². The van der Waals surface area contributed by atoms with Crippen molar-refractivity contribution < 1.29 is 14.3 Å². The molecule has 0 amide bonds. The van der Waals surface area contributed by atoms with Gasteiger partial charge in [-0.2, -0.15) is 0 Å². The van der Waals surface area contributed by atoms with Crippen LogP contribution in [0.4, 0.5) is 0 Å². The summed E-state index contributed by atoms with van der Waals surface area (Å²) in [5.74, 6) is 9.30. The third-order valence-electron chi connectivity index (χ3n) is 20.2. The summed E-state index contributed by atoms with van der Waals surface area (Å²) >= 11 is 0. The van der Waals surface area contributed by atoms with Crippen LogP contribution in [0.3, 0.4) is 0 Å². The Morgan fingerprint density at radius 2 is 1.21 bits per heavy atom. The molecular weight excluding hydrogens is 777 g/mol. The second-order valence-electron chi connectivity index (χ2n) is 25.6. The molecule has 342 valence electrons. The predicted molar refractivity (Wildman–Crippen MR) is 264 cm³/mol. The van der Waals surface area contributed by atoms with Gasteiger partial charge in [-0.05, 0) is 210 Å². The van der Waals surface area contributed by atoms with Crippen LogP contribution in [0.1, 0.15) is 172 Å². The third-order valence-corrected chi connectivity index (χ3v) is 25.7. The number of carbonyl (C=O) groups excluding carboxylic acids is 1. The zero-order valence-electron chi connectivity index (χ0n) is 42.2. The summed E-state index contributed by atoms with van der Waals surface area (Å²) in [6, 6.07) is 0. The highest BCUT2D eigenvalue weighted by molar-refractivity contribution is 6.83. The van der Waals surface area contributed by atoms with Gasteiger partial charge in [-0.15, -0.1) is 17.2 Å². The van der Waals surface area contributed by atoms with Crippen LogP contribution in [-0.4, -0.2) is 39.5 Å². The first-order valence-electron chi connectivity index (χ1n) is 25.3. The van der Waals surface area contributed by atoms with Crippen molar-refractivity contribution in [2.45, 2.75) is 222 Å². The van der Waals surface area contributed by atoms with Crippen LogP contribution in [-0.2, 0) is 9.22 Å². The maximum absolute atomic E-state index is 12.4. The second-order valence-corrected chi connectivity index (χ2v) is 35.1. The number of fused-ring (bicyclic) bond motifs is 10. The minimum atomic E-state index is -1.71. The molecule has 0 aromatic heterocycles. The van der Waals surface area contributed by atoms with E-state index >= 15 is 0 Å². The minimum Gasteiger partial charge on any atom is -0.414 e. The molecule has 0 heterocycles. The first kappa shape index (κ1) is 49.0. The highest BCUT2D eigenvalue weighted by Crippen LogP contribution is 2.68. The molecule has 14 atom stereocenters. The molecule has 0 spiro atoms. The molecule has 61 heavy (non-hydrogen) atoms. The highest BCUT2D eigenvalue weighted by Gasteiger charge is 2.61. The molecule has 0 saturated heterocycles. The number of aliphatic hydroxyl groups excluding tert-OH is 1. The maximum Gasteiger partial charge on any atom is 0.192 e. The smallest absolute Gasteiger partial charge is 0.192 e. The summed E-state index contributed by atoms with van der Waals surface area (Å²) in [4.78, 5) is 12.4. The molecule has 8 rings (SSSR count). The van der Waals surface area contributed by atoms with Gasteiger partial charge in [0.1, 0.15) is 13.9 Å². The number of hydrogen-bond donors (Lipinski definition) is 1. The summed E-state index contributed by atoms with van der Waals surface area (Å²) in [6.45, 7) is 38.6. The number of ketones is 1. The van der Waals surface area contributed by atoms with Gasteiger partial charge in [0.15, 0.2) is 8.32 Å². The van der Waals surface area contributed by atoms with Crippen molar-refractivity contribution in [1.29, 1.82) is 0 Å². The highest BCUT2D eigenvalue weighted by atomic mass is 28.4. The Bertz CT molecular complexity index is 1810. The maximum atomic E-state index is 12.4. The Labute approximate surface area is 378 Å². The van der Waals surface area contributed by atoms with Crippen LogP contribution in [0, 0.1) is 80.5 Å². The topological polar surface area (TPSA) is 46.5 Å². The molecule has 8 aliphatic rings. The number of allylic oxidation sites excluding steroid dienone is 3. The molecule has 0 aliphatic heterocycles. The molecule has 0 bridgehead atoms. The molecule has 0 aromatic rings. The summed E-state index contributed by atoms with van der Waals surface area (Å²) < 4.78 is 6.86. The van der Waals surface area contributed by atoms with Crippen molar-refractivity contribution in [1.82, 2.24) is 0 Å². The molecule has 5 heteroatoms. The van der Waals surface area contributed by atoms with Crippen LogP contribution >= 0.6 is 0 Å². The largest absolute Gasteiger partial charge is 0.414 e. The van der Waals surface area contributed by atoms with Crippen LogP contribution in [0.25, 0.3) is 0 Å². The van der Waals surface area contributed by atoms with Crippen molar-refractivity contribution in [2.75, 3.05) is 0 Å². The van der Waals surface area contributed by atoms with E-state index in [1.54, 1.807) is 11.1 Å². The van der Waals surface area contributed by atoms with Crippen LogP contribution in [0.2, 0.25) is 37.8 Å². The summed E-state index contributed by atoms with van der Waals surface area (Å²) in [5, 5.41) is 10.4. The van der Waals surface area contributed by atoms with E-state index in [2.05, 4.69) is 124 Å². The van der Waals surface area contributed by atoms with Gasteiger partial charge in [0.2, 0.25) is 0 Å². The first-order valence-corrected chi connectivity index (χ1v) is 31.7. The molecule has 6 fully saturated rings. The van der Waals surface area contributed by atoms with E-state index in [1.165, 1.54) is 82.6 Å². The van der Waals surface area contributed by atoms with Crippen LogP contribution in [0.5, 0.6) is 0 Å². The minimum absolute atomic E-state index is 0.0917. The Kier molecular flexibility index (Phi) is 14.3. The summed E-state index contributed by atoms with van der Waals surface area (Å²) in [6.07, 6.45) is 25.3. The van der Waals surface area contributed by atoms with Crippen LogP contribution in [0.15, 0.2) is 41.2 Å². The lowest BCUT2D eigenvalue weighted by Gasteiger charge is -2.58. The van der Waals surface area contributed by atoms with Crippen molar-refractivity contribution in [2.24, 2.45) is 69.0 Å². The number of carbonyl (C=O) groups is 1. The van der Waals surface area contributed by atoms with E-state index in [-0.39, 0.29) is 16.6 Å². The van der Waals surface area contributed by atoms with Gasteiger partial charge in [0, 0.05) is 12.0 Å². The normalized spacial score (nSPS) is 42.5. The van der Waals surface area contributed by atoms with Gasteiger partial charge in [-0.3, -0.25) is 4.79 Å². The summed E-state index contributed by atoms with van der Waals surface area (Å²) in [7, 11) is -2.73. The SMILES string of the molecule is C=C=C(C)[C@H]1CCC2C3CC=C4C[C@@H](O)CC[C@]4(C)C3CC[C@@]21C.CC#C[Si](C)(C)C.CC(=O)[C@H]1CCC2C3CC=C4CC(O[Si](C)(C)C(C)(C)C)CC[C@]4(C)C3CC[C@@]21C. The van der Waals surface area contributed by atoms with E-state index in [1.807, 2.05) is 13.8 Å². The molecule has 0 aromatic carbocycles. The van der Waals surface area contributed by atoms with Gasteiger partial charge in [0.25, 0.3) is 0 Å². The van der Waals surface area contributed by atoms with Gasteiger partial charge in [-0.25, -0.2) is 0 Å². The van der Waals surface area contributed by atoms with Crippen LogP contribution < -0.4 is 0 Å². The lowest BCUT2D eigenvalue weighted by Crippen LogP contribution is -2.52. The number of rotatable bonds is 4. The number of hydrogen-bond acceptors (Lipinski definition) is 3. The number of aliphatic hydroxyl groups is 1. The van der Waals surface area contributed by atoms with Gasteiger partial charge >= 0.3 is 0 Å². The molecule has 6 saturated carbocycles. The molecular formula is C56H92O3Si2. The quantitative estimate of drug-likeness (QED) is 0.133. The van der Waals surface area contributed by atoms with E-state index < -0.39 is 16.4 Å². The second kappa shape index (κ2) is 17.8. The Morgan fingerprint density at radius 1 is 0.721 bits per heavy atom. The predicted octanol–water partition coefficient (Wildman–Crippen LogP) is 15.1. The molecule has 1 N–H and O–H groups in total. The first-order chi connectivity index (χ1) is 28.3. The standard InChI is InChI=1S/C27H46O2Si.C23H34O.C6H12Si/c1-18(28)22-11-12-23-21-10-9-19-17-20(29-30(7,8)25(2,3)4)13-15-26(19,5)24(21)14-16-27(22,23)6;1-5-15(2)19-8-9-20-18-7-6-16-14-17(24)10-12-22(16,3)21(18)11-13-23(19,20)4;1-5-6-7(2,3)4/h9,20-24H,10-17H2,1-8H3;6,17-21,24H,1,7-14H2,2-4H3;1-4H3/t20?,21?,22-,23?,24?,26+,27-;17-,18?,19+,20?,21?,22-,23+;/m10./s1. The van der Waals surface area contributed by atoms with Gasteiger partial charge in [-0.1, -0.05) is 98.0 Å². The van der Waals surface area contributed by atoms with Gasteiger partial charge in [0.05, 0.1) is 6.10 Å². The lowest BCUT2D eigenvalue weighted by molar-refractivity contribution is -0.127. The van der Waals surface area contributed by atoms with Crippen molar-refractivity contribution in [3.63, 3.8) is 0 Å². The lowest BCUT2D eigenvalue weighted by atomic mass is 9.47. The fraction of sp³-hybridized carbons (Fsp3) is 0.821.